The number of amides is 1. The van der Waals surface area contributed by atoms with Crippen molar-refractivity contribution in [3.05, 3.63) is 35.9 Å². The fourth-order valence-corrected chi connectivity index (χ4v) is 2.66. The van der Waals surface area contributed by atoms with E-state index in [1.54, 1.807) is 12.1 Å². The van der Waals surface area contributed by atoms with E-state index < -0.39 is 18.3 Å². The van der Waals surface area contributed by atoms with E-state index in [0.717, 1.165) is 10.5 Å². The highest BCUT2D eigenvalue weighted by Crippen LogP contribution is 2.35. The second kappa shape index (κ2) is 7.28. The highest BCUT2D eigenvalue weighted by atomic mass is 35.5. The number of benzene rings is 1. The number of rotatable bonds is 4. The molecule has 0 bridgehead atoms. The quantitative estimate of drug-likeness (QED) is 0.856. The summed E-state index contributed by atoms with van der Waals surface area (Å²) in [7, 11) is 0. The second-order valence-corrected chi connectivity index (χ2v) is 5.15. The monoisotopic (exact) mass is 340 g/mol. The van der Waals surface area contributed by atoms with Crippen molar-refractivity contribution in [1.29, 1.82) is 0 Å². The Kier molecular flexibility index (Phi) is 6.19. The summed E-state index contributed by atoms with van der Waals surface area (Å²) in [5.41, 5.74) is 6.48. The first-order chi connectivity index (χ1) is 9.87. The summed E-state index contributed by atoms with van der Waals surface area (Å²) < 4.78 is 50.9. The Morgan fingerprint density at radius 1 is 1.27 bits per heavy atom. The van der Waals surface area contributed by atoms with Crippen LogP contribution in [0.3, 0.4) is 0 Å². The lowest BCUT2D eigenvalue weighted by atomic mass is 9.89. The van der Waals surface area contributed by atoms with Crippen LogP contribution < -0.4 is 5.73 Å². The molecule has 1 amide bonds. The minimum Gasteiger partial charge on any atom is -0.336 e. The number of nitrogens with zero attached hydrogens (tertiary/aromatic N) is 1. The zero-order chi connectivity index (χ0) is 15.6. The maximum Gasteiger partial charge on any atom is 0.383 e. The molecule has 0 aromatic heterocycles. The Bertz CT molecular complexity index is 501. The van der Waals surface area contributed by atoms with Gasteiger partial charge in [-0.05, 0) is 18.0 Å². The van der Waals surface area contributed by atoms with Crippen LogP contribution in [0.4, 0.5) is 17.6 Å². The molecule has 1 saturated heterocycles. The molecular formula is C14H17ClF4N2O. The number of likely N-dealkylation sites (tertiary alicyclic amines) is 1. The first-order valence-corrected chi connectivity index (χ1v) is 6.58. The Balaban J connectivity index is 0.00000242. The standard InChI is InChI=1S/C14H16F4N2O.ClH/c15-12(16)14(17,18)13(21)20-7-10(6-19)11(8-20)9-4-2-1-3-5-9;/h1-5,10-12H,6-8,19H2;1H/t10-,11+;/m1./s1. The van der Waals surface area contributed by atoms with Crippen LogP contribution in [0.15, 0.2) is 30.3 Å². The van der Waals surface area contributed by atoms with Crippen LogP contribution >= 0.6 is 12.4 Å². The van der Waals surface area contributed by atoms with Gasteiger partial charge >= 0.3 is 12.3 Å². The number of carbonyl (C=O) groups excluding carboxylic acids is 1. The molecular weight excluding hydrogens is 324 g/mol. The summed E-state index contributed by atoms with van der Waals surface area (Å²) in [4.78, 5) is 12.4. The first kappa shape index (κ1) is 18.7. The molecule has 0 aliphatic carbocycles. The number of nitrogens with two attached hydrogens (primary N) is 1. The molecule has 0 radical (unpaired) electrons. The lowest BCUT2D eigenvalue weighted by Gasteiger charge is -2.22. The normalized spacial score (nSPS) is 21.8. The lowest BCUT2D eigenvalue weighted by molar-refractivity contribution is -0.179. The highest BCUT2D eigenvalue weighted by molar-refractivity contribution is 5.85. The van der Waals surface area contributed by atoms with Gasteiger partial charge in [-0.25, -0.2) is 8.78 Å². The van der Waals surface area contributed by atoms with Gasteiger partial charge in [0.25, 0.3) is 5.91 Å². The van der Waals surface area contributed by atoms with E-state index in [1.165, 1.54) is 0 Å². The van der Waals surface area contributed by atoms with Crippen LogP contribution in [-0.4, -0.2) is 42.8 Å². The molecule has 8 heteroatoms. The van der Waals surface area contributed by atoms with Crippen LogP contribution in [0.2, 0.25) is 0 Å². The fraction of sp³-hybridized carbons (Fsp3) is 0.500. The minimum absolute atomic E-state index is 0. The molecule has 1 fully saturated rings. The second-order valence-electron chi connectivity index (χ2n) is 5.15. The van der Waals surface area contributed by atoms with Crippen molar-refractivity contribution in [2.75, 3.05) is 19.6 Å². The number of carbonyl (C=O) groups is 1. The molecule has 1 aromatic rings. The van der Waals surface area contributed by atoms with Crippen molar-refractivity contribution >= 4 is 18.3 Å². The summed E-state index contributed by atoms with van der Waals surface area (Å²) in [6.07, 6.45) is -4.00. The summed E-state index contributed by atoms with van der Waals surface area (Å²) in [5.74, 6) is -6.90. The van der Waals surface area contributed by atoms with E-state index in [1.807, 2.05) is 18.2 Å². The van der Waals surface area contributed by atoms with E-state index in [4.69, 9.17) is 5.73 Å². The third-order valence-corrected chi connectivity index (χ3v) is 3.82. The van der Waals surface area contributed by atoms with Crippen LogP contribution in [0.1, 0.15) is 11.5 Å². The third-order valence-electron chi connectivity index (χ3n) is 3.82. The molecule has 3 nitrogen and oxygen atoms in total. The zero-order valence-corrected chi connectivity index (χ0v) is 12.4. The molecule has 2 rings (SSSR count). The zero-order valence-electron chi connectivity index (χ0n) is 11.6. The van der Waals surface area contributed by atoms with Gasteiger partial charge in [-0.3, -0.25) is 4.79 Å². The van der Waals surface area contributed by atoms with Gasteiger partial charge < -0.3 is 10.6 Å². The molecule has 2 atom stereocenters. The van der Waals surface area contributed by atoms with Gasteiger partial charge in [0, 0.05) is 19.0 Å². The first-order valence-electron chi connectivity index (χ1n) is 6.58. The number of alkyl halides is 4. The van der Waals surface area contributed by atoms with E-state index in [-0.39, 0.29) is 43.9 Å². The topological polar surface area (TPSA) is 46.3 Å². The summed E-state index contributed by atoms with van der Waals surface area (Å²) in [6, 6.07) is 9.02. The van der Waals surface area contributed by atoms with Gasteiger partial charge in [0.1, 0.15) is 0 Å². The van der Waals surface area contributed by atoms with E-state index in [2.05, 4.69) is 0 Å². The van der Waals surface area contributed by atoms with Gasteiger partial charge in [0.2, 0.25) is 0 Å². The van der Waals surface area contributed by atoms with Gasteiger partial charge in [0.15, 0.2) is 0 Å². The van der Waals surface area contributed by atoms with E-state index in [0.29, 0.717) is 0 Å². The van der Waals surface area contributed by atoms with Gasteiger partial charge in [-0.1, -0.05) is 30.3 Å². The van der Waals surface area contributed by atoms with Crippen molar-refractivity contribution in [2.45, 2.75) is 18.3 Å². The summed E-state index contributed by atoms with van der Waals surface area (Å²) in [5, 5.41) is 0. The molecule has 2 N–H and O–H groups in total. The molecule has 1 aromatic carbocycles. The van der Waals surface area contributed by atoms with Crippen molar-refractivity contribution < 1.29 is 22.4 Å². The lowest BCUT2D eigenvalue weighted by Crippen LogP contribution is -2.47. The van der Waals surface area contributed by atoms with Crippen molar-refractivity contribution in [1.82, 2.24) is 4.90 Å². The van der Waals surface area contributed by atoms with Crippen LogP contribution in [0.5, 0.6) is 0 Å². The smallest absolute Gasteiger partial charge is 0.336 e. The molecule has 0 unspecified atom stereocenters. The number of hydrogen-bond acceptors (Lipinski definition) is 2. The van der Waals surface area contributed by atoms with E-state index in [9.17, 15) is 22.4 Å². The molecule has 1 aliphatic heterocycles. The van der Waals surface area contributed by atoms with Crippen LogP contribution in [0, 0.1) is 5.92 Å². The Labute approximate surface area is 131 Å². The molecule has 1 heterocycles. The van der Waals surface area contributed by atoms with Crippen molar-refractivity contribution in [3.8, 4) is 0 Å². The minimum atomic E-state index is -4.65. The predicted octanol–water partition coefficient (Wildman–Crippen LogP) is 2.51. The summed E-state index contributed by atoms with van der Waals surface area (Å²) in [6.45, 7) is 0.147. The Hall–Kier alpha value is -1.34. The fourth-order valence-electron chi connectivity index (χ4n) is 2.66. The molecule has 124 valence electrons. The van der Waals surface area contributed by atoms with Gasteiger partial charge in [0.05, 0.1) is 0 Å². The maximum atomic E-state index is 13.2. The van der Waals surface area contributed by atoms with Crippen molar-refractivity contribution in [3.63, 3.8) is 0 Å². The maximum absolute atomic E-state index is 13.2. The number of hydrogen-bond donors (Lipinski definition) is 1. The van der Waals surface area contributed by atoms with Gasteiger partial charge in [-0.2, -0.15) is 8.78 Å². The van der Waals surface area contributed by atoms with Gasteiger partial charge in [-0.15, -0.1) is 12.4 Å². The third kappa shape index (κ3) is 3.52. The molecule has 22 heavy (non-hydrogen) atoms. The molecule has 0 saturated carbocycles. The van der Waals surface area contributed by atoms with Crippen LogP contribution in [-0.2, 0) is 4.79 Å². The predicted molar refractivity (Wildman–Crippen MR) is 76.5 cm³/mol. The Morgan fingerprint density at radius 3 is 2.36 bits per heavy atom. The SMILES string of the molecule is Cl.NC[C@@H]1CN(C(=O)C(F)(F)C(F)F)C[C@H]1c1ccccc1. The highest BCUT2D eigenvalue weighted by Gasteiger charge is 2.53. The average Bonchev–Trinajstić information content (AvgIpc) is 2.91. The van der Waals surface area contributed by atoms with E-state index >= 15 is 0 Å². The Morgan fingerprint density at radius 2 is 1.86 bits per heavy atom. The van der Waals surface area contributed by atoms with Crippen LogP contribution in [0.25, 0.3) is 0 Å². The number of halogens is 5. The van der Waals surface area contributed by atoms with Crippen molar-refractivity contribution in [2.24, 2.45) is 11.7 Å². The molecule has 0 spiro atoms. The average molecular weight is 341 g/mol. The molecule has 1 aliphatic rings. The largest absolute Gasteiger partial charge is 0.383 e. The summed E-state index contributed by atoms with van der Waals surface area (Å²) >= 11 is 0.